The third-order valence-electron chi connectivity index (χ3n) is 7.48. The van der Waals surface area contributed by atoms with Gasteiger partial charge in [-0.1, -0.05) is 56.0 Å². The molecular weight excluding hydrogens is 670 g/mol. The van der Waals surface area contributed by atoms with Crippen LogP contribution in [0.1, 0.15) is 70.4 Å². The number of halogens is 2. The van der Waals surface area contributed by atoms with E-state index in [1.54, 1.807) is 0 Å². The number of unbranched alkanes of at least 4 members (excludes halogenated alkanes) is 7. The molecule has 4 nitrogen and oxygen atoms in total. The average Bonchev–Trinajstić information content (AvgIpc) is 2.83. The zero-order chi connectivity index (χ0) is 23.9. The van der Waals surface area contributed by atoms with Crippen molar-refractivity contribution in [2.75, 3.05) is 12.3 Å². The normalized spacial score (nSPS) is 16.7. The van der Waals surface area contributed by atoms with Crippen molar-refractivity contribution in [2.24, 2.45) is 5.73 Å². The summed E-state index contributed by atoms with van der Waals surface area (Å²) in [7, 11) is 0. The standard InChI is InChI=1S/C30H40N4.2HI/c1-23-21-27(31)25-15-9-11-17-29(25)33(23)19-13-7-5-3-4-6-8-14-20-34-24(2)22-28(32)26-16-10-12-18-30(26)34;;/h9-12,15-17,21-22,30-32H,3-8,13-14,18-20H2,1-2H3;2*1H. The van der Waals surface area contributed by atoms with Gasteiger partial charge in [0.1, 0.15) is 13.1 Å². The Kier molecular flexibility index (Phi) is 12.9. The maximum Gasteiger partial charge on any atom is 0.214 e. The van der Waals surface area contributed by atoms with E-state index in [2.05, 4.69) is 77.6 Å². The van der Waals surface area contributed by atoms with E-state index < -0.39 is 0 Å². The molecule has 0 amide bonds. The Balaban J connectivity index is 0.00000228. The highest BCUT2D eigenvalue weighted by Crippen LogP contribution is 2.25. The molecule has 4 rings (SSSR count). The third-order valence-corrected chi connectivity index (χ3v) is 7.48. The topological polar surface area (TPSA) is 58.9 Å². The van der Waals surface area contributed by atoms with Gasteiger partial charge in [0.05, 0.1) is 11.1 Å². The summed E-state index contributed by atoms with van der Waals surface area (Å²) in [6.45, 7) is 6.58. The van der Waals surface area contributed by atoms with Gasteiger partial charge in [-0.3, -0.25) is 0 Å². The number of allylic oxidation sites excluding steroid dienone is 3. The largest absolute Gasteiger partial charge is 1.00 e. The molecule has 1 aromatic carbocycles. The molecule has 6 heteroatoms. The van der Waals surface area contributed by atoms with Gasteiger partial charge >= 0.3 is 0 Å². The zero-order valence-electron chi connectivity index (χ0n) is 21.9. The van der Waals surface area contributed by atoms with Crippen LogP contribution in [0.15, 0.2) is 65.9 Å². The van der Waals surface area contributed by atoms with Gasteiger partial charge in [-0.05, 0) is 18.9 Å². The van der Waals surface area contributed by atoms with Crippen molar-refractivity contribution in [3.8, 4) is 0 Å². The van der Waals surface area contributed by atoms with Gasteiger partial charge in [0.25, 0.3) is 0 Å². The summed E-state index contributed by atoms with van der Waals surface area (Å²) in [6.07, 6.45) is 20.3. The lowest BCUT2D eigenvalue weighted by Gasteiger charge is -2.25. The van der Waals surface area contributed by atoms with E-state index in [1.165, 1.54) is 73.9 Å². The first-order valence-corrected chi connectivity index (χ1v) is 13.2. The number of hydrogen-bond acceptors (Lipinski definition) is 2. The molecule has 1 aliphatic heterocycles. The number of nitrogens with two attached hydrogens (primary N) is 2. The van der Waals surface area contributed by atoms with Crippen molar-refractivity contribution in [3.05, 3.63) is 71.6 Å². The SMILES string of the molecule is CC1=[N+](CCCCCCCCCC[n+]2c(C)cc(N)c3ccccc32)C2CC=CC=C2C(N)=C1.[I-].[I-]. The minimum Gasteiger partial charge on any atom is -1.00 e. The van der Waals surface area contributed by atoms with E-state index in [9.17, 15) is 0 Å². The first kappa shape index (κ1) is 30.8. The van der Waals surface area contributed by atoms with Gasteiger partial charge in [-0.15, -0.1) is 0 Å². The number of pyridine rings is 1. The van der Waals surface area contributed by atoms with E-state index in [1.807, 2.05) is 0 Å². The predicted octanol–water partition coefficient (Wildman–Crippen LogP) is -0.269. The van der Waals surface area contributed by atoms with Crippen molar-refractivity contribution in [3.63, 3.8) is 0 Å². The molecule has 0 radical (unpaired) electrons. The van der Waals surface area contributed by atoms with Crippen LogP contribution in [0.3, 0.4) is 0 Å². The van der Waals surface area contributed by atoms with Gasteiger partial charge in [0.2, 0.25) is 5.52 Å². The lowest BCUT2D eigenvalue weighted by molar-refractivity contribution is -0.677. The summed E-state index contributed by atoms with van der Waals surface area (Å²) >= 11 is 0. The van der Waals surface area contributed by atoms with Crippen LogP contribution in [-0.2, 0) is 6.54 Å². The number of rotatable bonds is 11. The van der Waals surface area contributed by atoms with Gasteiger partial charge < -0.3 is 59.4 Å². The fourth-order valence-corrected chi connectivity index (χ4v) is 5.60. The Bertz CT molecular complexity index is 1150. The van der Waals surface area contributed by atoms with Gasteiger partial charge in [-0.2, -0.15) is 4.57 Å². The quantitative estimate of drug-likeness (QED) is 0.192. The molecule has 0 spiro atoms. The van der Waals surface area contributed by atoms with Crippen LogP contribution < -0.4 is 64.0 Å². The van der Waals surface area contributed by atoms with Crippen LogP contribution in [0.5, 0.6) is 0 Å². The number of para-hydroxylation sites is 1. The summed E-state index contributed by atoms with van der Waals surface area (Å²) in [4.78, 5) is 0. The molecule has 1 atom stereocenters. The van der Waals surface area contributed by atoms with E-state index in [-0.39, 0.29) is 48.0 Å². The van der Waals surface area contributed by atoms with Crippen molar-refractivity contribution in [1.29, 1.82) is 0 Å². The molecule has 1 unspecified atom stereocenters. The van der Waals surface area contributed by atoms with Crippen LogP contribution in [0, 0.1) is 6.92 Å². The molecule has 0 bridgehead atoms. The van der Waals surface area contributed by atoms with E-state index in [4.69, 9.17) is 11.5 Å². The number of nitrogens with zero attached hydrogens (tertiary/aromatic N) is 2. The smallest absolute Gasteiger partial charge is 0.214 e. The molecule has 196 valence electrons. The summed E-state index contributed by atoms with van der Waals surface area (Å²) in [5.41, 5.74) is 19.4. The number of benzene rings is 1. The summed E-state index contributed by atoms with van der Waals surface area (Å²) < 4.78 is 4.99. The Morgan fingerprint density at radius 2 is 1.50 bits per heavy atom. The second kappa shape index (κ2) is 15.1. The molecule has 0 fully saturated rings. The second-order valence-corrected chi connectivity index (χ2v) is 9.97. The second-order valence-electron chi connectivity index (χ2n) is 9.97. The fraction of sp³-hybridized carbons (Fsp3) is 0.467. The van der Waals surface area contributed by atoms with Crippen LogP contribution in [0.2, 0.25) is 0 Å². The van der Waals surface area contributed by atoms with Crippen LogP contribution in [0.25, 0.3) is 10.9 Å². The fourth-order valence-electron chi connectivity index (χ4n) is 5.60. The minimum absolute atomic E-state index is 0. The molecule has 2 heterocycles. The Morgan fingerprint density at radius 3 is 2.22 bits per heavy atom. The van der Waals surface area contributed by atoms with Gasteiger partial charge in [0.15, 0.2) is 17.4 Å². The number of aromatic nitrogens is 1. The first-order valence-electron chi connectivity index (χ1n) is 13.2. The molecule has 2 aliphatic rings. The Morgan fingerprint density at radius 1 is 0.861 bits per heavy atom. The highest BCUT2D eigenvalue weighted by atomic mass is 127. The average molecular weight is 713 g/mol. The van der Waals surface area contributed by atoms with E-state index in [0.717, 1.165) is 36.3 Å². The predicted molar refractivity (Wildman–Crippen MR) is 144 cm³/mol. The first-order chi connectivity index (χ1) is 16.6. The monoisotopic (exact) mass is 712 g/mol. The number of hydrogen-bond donors (Lipinski definition) is 2. The van der Waals surface area contributed by atoms with Crippen molar-refractivity contribution >= 4 is 22.3 Å². The molecule has 1 aromatic heterocycles. The van der Waals surface area contributed by atoms with Crippen molar-refractivity contribution in [1.82, 2.24) is 0 Å². The number of aryl methyl sites for hydroxylation is 2. The molecule has 1 aliphatic carbocycles. The van der Waals surface area contributed by atoms with Crippen LogP contribution in [0.4, 0.5) is 5.69 Å². The number of nitrogen functional groups attached to an aromatic ring is 1. The van der Waals surface area contributed by atoms with Gasteiger partial charge in [0, 0.05) is 62.6 Å². The molecule has 0 saturated heterocycles. The molecule has 0 saturated carbocycles. The minimum atomic E-state index is 0. The number of fused-ring (bicyclic) bond motifs is 2. The maximum atomic E-state index is 6.26. The molecule has 4 N–H and O–H groups in total. The summed E-state index contributed by atoms with van der Waals surface area (Å²) in [6, 6.07) is 11.0. The lowest BCUT2D eigenvalue weighted by atomic mass is 9.92. The number of anilines is 1. The third kappa shape index (κ3) is 7.55. The van der Waals surface area contributed by atoms with Crippen molar-refractivity contribution < 1.29 is 57.1 Å². The van der Waals surface area contributed by atoms with E-state index >= 15 is 0 Å². The van der Waals surface area contributed by atoms with Crippen LogP contribution in [-0.4, -0.2) is 22.9 Å². The van der Waals surface area contributed by atoms with Crippen molar-refractivity contribution in [2.45, 2.75) is 84.2 Å². The lowest BCUT2D eigenvalue weighted by Crippen LogP contribution is -3.00. The highest BCUT2D eigenvalue weighted by Gasteiger charge is 2.32. The van der Waals surface area contributed by atoms with E-state index in [0.29, 0.717) is 6.04 Å². The Labute approximate surface area is 251 Å². The summed E-state index contributed by atoms with van der Waals surface area (Å²) in [5.74, 6) is 0. The van der Waals surface area contributed by atoms with Gasteiger partial charge in [-0.25, -0.2) is 4.58 Å². The zero-order valence-corrected chi connectivity index (χ0v) is 26.2. The molecule has 2 aromatic rings. The Hall–Kier alpha value is -1.42. The van der Waals surface area contributed by atoms with Crippen LogP contribution >= 0.6 is 0 Å². The molecular formula is C30H42I2N4. The summed E-state index contributed by atoms with van der Waals surface area (Å²) in [5, 5.41) is 1.16. The maximum absolute atomic E-state index is 6.26. The highest BCUT2D eigenvalue weighted by molar-refractivity contribution is 5.91. The molecule has 36 heavy (non-hydrogen) atoms.